The third-order valence-electron chi connectivity index (χ3n) is 6.22. The molecule has 1 saturated carbocycles. The normalized spacial score (nSPS) is 16.3. The maximum Gasteiger partial charge on any atom is 0.273 e. The van der Waals surface area contributed by atoms with Crippen LogP contribution < -0.4 is 0 Å². The molecule has 6 rings (SSSR count). The number of carbonyl (C=O) groups is 1. The van der Waals surface area contributed by atoms with Gasteiger partial charge < -0.3 is 9.32 Å². The SMILES string of the molecule is Cc1ncccc1-c1ccc2c(c1)-n1nc(-c3nnco3)cc1C(=O)N(C)C21CC1. The fraction of sp³-hybridized carbons (Fsp3) is 0.227. The molecule has 1 amide bonds. The molecule has 0 bridgehead atoms. The van der Waals surface area contributed by atoms with Crippen LogP contribution in [0.15, 0.2) is 53.4 Å². The number of aryl methyl sites for hydroxylation is 1. The molecule has 0 N–H and O–H groups in total. The molecular formula is C22H18N6O2. The summed E-state index contributed by atoms with van der Waals surface area (Å²) in [5, 5.41) is 12.4. The number of amides is 1. The number of hydrogen-bond acceptors (Lipinski definition) is 6. The monoisotopic (exact) mass is 398 g/mol. The van der Waals surface area contributed by atoms with Crippen molar-refractivity contribution in [2.75, 3.05) is 7.05 Å². The van der Waals surface area contributed by atoms with Gasteiger partial charge in [-0.15, -0.1) is 10.2 Å². The minimum absolute atomic E-state index is 0.0685. The summed E-state index contributed by atoms with van der Waals surface area (Å²) in [4.78, 5) is 19.6. The van der Waals surface area contributed by atoms with Gasteiger partial charge in [0.2, 0.25) is 6.39 Å². The highest BCUT2D eigenvalue weighted by Gasteiger charge is 2.53. The summed E-state index contributed by atoms with van der Waals surface area (Å²) in [7, 11) is 1.87. The van der Waals surface area contributed by atoms with E-state index in [-0.39, 0.29) is 17.3 Å². The molecule has 0 unspecified atom stereocenters. The van der Waals surface area contributed by atoms with Crippen molar-refractivity contribution < 1.29 is 9.21 Å². The van der Waals surface area contributed by atoms with Gasteiger partial charge in [0.15, 0.2) is 5.69 Å². The van der Waals surface area contributed by atoms with Gasteiger partial charge in [0.25, 0.3) is 11.8 Å². The van der Waals surface area contributed by atoms with E-state index in [9.17, 15) is 4.79 Å². The quantitative estimate of drug-likeness (QED) is 0.514. The first kappa shape index (κ1) is 17.1. The smallest absolute Gasteiger partial charge is 0.273 e. The summed E-state index contributed by atoms with van der Waals surface area (Å²) < 4.78 is 7.03. The second-order valence-corrected chi connectivity index (χ2v) is 7.83. The number of rotatable bonds is 2. The summed E-state index contributed by atoms with van der Waals surface area (Å²) in [5.74, 6) is 0.217. The second kappa shape index (κ2) is 5.85. The van der Waals surface area contributed by atoms with Crippen LogP contribution in [0, 0.1) is 6.92 Å². The van der Waals surface area contributed by atoms with Crippen LogP contribution in [0.5, 0.6) is 0 Å². The third-order valence-corrected chi connectivity index (χ3v) is 6.22. The molecule has 4 heterocycles. The Morgan fingerprint density at radius 3 is 2.77 bits per heavy atom. The molecule has 8 heteroatoms. The second-order valence-electron chi connectivity index (χ2n) is 7.83. The van der Waals surface area contributed by atoms with E-state index in [2.05, 4.69) is 44.5 Å². The van der Waals surface area contributed by atoms with Gasteiger partial charge in [-0.05, 0) is 37.5 Å². The standard InChI is InChI=1S/C22H18N6O2/c1-13-15(4-3-9-23-13)14-5-6-16-18(10-14)28-19(21(29)27(2)22(16)7-8-22)11-17(26-28)20-25-24-12-30-20/h3-6,9-12H,7-8H2,1-2H3. The van der Waals surface area contributed by atoms with Crippen molar-refractivity contribution in [2.24, 2.45) is 0 Å². The van der Waals surface area contributed by atoms with Gasteiger partial charge in [-0.25, -0.2) is 4.68 Å². The molecule has 2 aliphatic rings. The van der Waals surface area contributed by atoms with Gasteiger partial charge in [-0.1, -0.05) is 18.2 Å². The predicted octanol–water partition coefficient (Wildman–Crippen LogP) is 3.37. The number of hydrogen-bond donors (Lipinski definition) is 0. The van der Waals surface area contributed by atoms with E-state index < -0.39 is 0 Å². The first-order valence-electron chi connectivity index (χ1n) is 9.80. The topological polar surface area (TPSA) is 89.9 Å². The molecular weight excluding hydrogens is 380 g/mol. The van der Waals surface area contributed by atoms with Gasteiger partial charge in [0.1, 0.15) is 5.69 Å². The van der Waals surface area contributed by atoms with Crippen LogP contribution in [-0.4, -0.2) is 42.8 Å². The fourth-order valence-electron chi connectivity index (χ4n) is 4.43. The minimum atomic E-state index is -0.278. The summed E-state index contributed by atoms with van der Waals surface area (Å²) in [5.41, 5.74) is 5.72. The molecule has 1 aromatic carbocycles. The molecule has 1 fully saturated rings. The van der Waals surface area contributed by atoms with Gasteiger partial charge in [-0.3, -0.25) is 9.78 Å². The number of benzene rings is 1. The molecule has 1 aliphatic heterocycles. The lowest BCUT2D eigenvalue weighted by Crippen LogP contribution is -2.36. The van der Waals surface area contributed by atoms with Crippen molar-refractivity contribution in [3.63, 3.8) is 0 Å². The van der Waals surface area contributed by atoms with Crippen LogP contribution in [0.3, 0.4) is 0 Å². The van der Waals surface area contributed by atoms with E-state index in [4.69, 9.17) is 4.42 Å². The van der Waals surface area contributed by atoms with Crippen LogP contribution >= 0.6 is 0 Å². The summed E-state index contributed by atoms with van der Waals surface area (Å²) >= 11 is 0. The van der Waals surface area contributed by atoms with E-state index in [1.807, 2.05) is 24.9 Å². The molecule has 3 aromatic heterocycles. The van der Waals surface area contributed by atoms with E-state index in [1.165, 1.54) is 6.39 Å². The number of carbonyl (C=O) groups excluding carboxylic acids is 1. The van der Waals surface area contributed by atoms with E-state index in [1.54, 1.807) is 16.9 Å². The lowest BCUT2D eigenvalue weighted by molar-refractivity contribution is 0.0704. The zero-order chi connectivity index (χ0) is 20.5. The molecule has 0 atom stereocenters. The number of nitrogens with zero attached hydrogens (tertiary/aromatic N) is 6. The maximum absolute atomic E-state index is 13.3. The first-order chi connectivity index (χ1) is 14.6. The Labute approximate surface area is 172 Å². The first-order valence-corrected chi connectivity index (χ1v) is 9.80. The zero-order valence-corrected chi connectivity index (χ0v) is 16.5. The Bertz CT molecular complexity index is 1300. The summed E-state index contributed by atoms with van der Waals surface area (Å²) in [6, 6.07) is 12.0. The fourth-order valence-corrected chi connectivity index (χ4v) is 4.43. The molecule has 148 valence electrons. The minimum Gasteiger partial charge on any atom is -0.422 e. The molecule has 8 nitrogen and oxygen atoms in total. The van der Waals surface area contributed by atoms with E-state index in [0.717, 1.165) is 40.9 Å². The van der Waals surface area contributed by atoms with Gasteiger partial charge >= 0.3 is 0 Å². The van der Waals surface area contributed by atoms with E-state index >= 15 is 0 Å². The highest BCUT2D eigenvalue weighted by molar-refractivity contribution is 5.96. The van der Waals surface area contributed by atoms with Crippen molar-refractivity contribution in [1.29, 1.82) is 0 Å². The Morgan fingerprint density at radius 1 is 1.17 bits per heavy atom. The van der Waals surface area contributed by atoms with Crippen molar-refractivity contribution in [2.45, 2.75) is 25.3 Å². The number of fused-ring (bicyclic) bond motifs is 4. The molecule has 0 radical (unpaired) electrons. The predicted molar refractivity (Wildman–Crippen MR) is 108 cm³/mol. The molecule has 1 spiro atoms. The molecule has 0 saturated heterocycles. The maximum atomic E-state index is 13.3. The highest BCUT2D eigenvalue weighted by atomic mass is 16.4. The number of pyridine rings is 1. The van der Waals surface area contributed by atoms with Crippen LogP contribution in [0.2, 0.25) is 0 Å². The third kappa shape index (κ3) is 2.24. The highest BCUT2D eigenvalue weighted by Crippen LogP contribution is 2.54. The Balaban J connectivity index is 1.62. The zero-order valence-electron chi connectivity index (χ0n) is 16.5. The molecule has 4 aromatic rings. The van der Waals surface area contributed by atoms with Gasteiger partial charge in [0.05, 0.1) is 11.2 Å². The van der Waals surface area contributed by atoms with Gasteiger partial charge in [0, 0.05) is 36.1 Å². The average molecular weight is 398 g/mol. The van der Waals surface area contributed by atoms with Crippen LogP contribution in [0.4, 0.5) is 0 Å². The van der Waals surface area contributed by atoms with Crippen LogP contribution in [0.25, 0.3) is 28.4 Å². The van der Waals surface area contributed by atoms with Crippen molar-refractivity contribution in [3.8, 4) is 28.4 Å². The van der Waals surface area contributed by atoms with Gasteiger partial charge in [-0.2, -0.15) is 5.10 Å². The van der Waals surface area contributed by atoms with Crippen LogP contribution in [-0.2, 0) is 5.54 Å². The molecule has 30 heavy (non-hydrogen) atoms. The lowest BCUT2D eigenvalue weighted by Gasteiger charge is -2.27. The van der Waals surface area contributed by atoms with Crippen molar-refractivity contribution in [1.82, 2.24) is 29.9 Å². The lowest BCUT2D eigenvalue weighted by atomic mass is 9.96. The Hall–Kier alpha value is -3.81. The average Bonchev–Trinajstić information content (AvgIpc) is 3.19. The summed E-state index contributed by atoms with van der Waals surface area (Å²) in [6.07, 6.45) is 4.92. The van der Waals surface area contributed by atoms with Crippen LogP contribution in [0.1, 0.15) is 34.6 Å². The van der Waals surface area contributed by atoms with Crippen molar-refractivity contribution in [3.05, 3.63) is 65.9 Å². The Morgan fingerprint density at radius 2 is 2.03 bits per heavy atom. The molecule has 1 aliphatic carbocycles. The van der Waals surface area contributed by atoms with E-state index in [0.29, 0.717) is 11.4 Å². The summed E-state index contributed by atoms with van der Waals surface area (Å²) in [6.45, 7) is 1.99. The number of aromatic nitrogens is 5. The Kier molecular flexibility index (Phi) is 3.33. The van der Waals surface area contributed by atoms with Crippen molar-refractivity contribution >= 4 is 5.91 Å². The largest absolute Gasteiger partial charge is 0.422 e.